The summed E-state index contributed by atoms with van der Waals surface area (Å²) in [7, 11) is 0. The molecule has 0 N–H and O–H groups in total. The molecule has 0 aliphatic carbocycles. The third kappa shape index (κ3) is 3.94. The lowest BCUT2D eigenvalue weighted by Gasteiger charge is -2.33. The van der Waals surface area contributed by atoms with Gasteiger partial charge in [0.05, 0.1) is 0 Å². The van der Waals surface area contributed by atoms with Crippen LogP contribution in [0.5, 0.6) is 0 Å². The standard InChI is InChI=1S/C16H17BrO4/c1-3-4-9-16(2)20-14(18)13(15(19)21-16)10-11-5-7-12(17)8-6-11/h5-8,10H,3-4,9H2,1-2H3. The predicted molar refractivity (Wildman–Crippen MR) is 82.2 cm³/mol. The van der Waals surface area contributed by atoms with E-state index >= 15 is 0 Å². The van der Waals surface area contributed by atoms with Gasteiger partial charge in [0.15, 0.2) is 0 Å². The minimum absolute atomic E-state index is 0.0775. The van der Waals surface area contributed by atoms with E-state index in [1.54, 1.807) is 19.1 Å². The molecule has 0 radical (unpaired) electrons. The number of carbonyl (C=O) groups is 2. The maximum Gasteiger partial charge on any atom is 0.348 e. The number of benzene rings is 1. The van der Waals surface area contributed by atoms with Gasteiger partial charge in [0.1, 0.15) is 5.57 Å². The first-order valence-corrected chi connectivity index (χ1v) is 7.67. The molecule has 0 unspecified atom stereocenters. The van der Waals surface area contributed by atoms with Crippen LogP contribution < -0.4 is 0 Å². The third-order valence-corrected chi connectivity index (χ3v) is 3.75. The molecule has 1 aromatic rings. The monoisotopic (exact) mass is 352 g/mol. The zero-order valence-corrected chi connectivity index (χ0v) is 13.6. The molecule has 21 heavy (non-hydrogen) atoms. The lowest BCUT2D eigenvalue weighted by Crippen LogP contribution is -2.44. The molecule has 1 heterocycles. The van der Waals surface area contributed by atoms with E-state index in [1.807, 2.05) is 19.1 Å². The Balaban J connectivity index is 2.18. The number of unbranched alkanes of at least 4 members (excludes halogenated alkanes) is 1. The van der Waals surface area contributed by atoms with E-state index in [4.69, 9.17) is 9.47 Å². The molecule has 112 valence electrons. The van der Waals surface area contributed by atoms with Gasteiger partial charge in [-0.3, -0.25) is 0 Å². The second-order valence-corrected chi connectivity index (χ2v) is 6.04. The summed E-state index contributed by atoms with van der Waals surface area (Å²) in [5, 5.41) is 0. The quantitative estimate of drug-likeness (QED) is 0.469. The smallest absolute Gasteiger partial charge is 0.348 e. The Hall–Kier alpha value is -1.62. The average Bonchev–Trinajstić information content (AvgIpc) is 2.43. The highest BCUT2D eigenvalue weighted by Crippen LogP contribution is 2.29. The molecule has 5 heteroatoms. The van der Waals surface area contributed by atoms with Gasteiger partial charge in [0.2, 0.25) is 0 Å². The second kappa shape index (κ2) is 6.43. The van der Waals surface area contributed by atoms with Crippen molar-refractivity contribution >= 4 is 33.9 Å². The van der Waals surface area contributed by atoms with Crippen LogP contribution in [0, 0.1) is 0 Å². The van der Waals surface area contributed by atoms with Crippen molar-refractivity contribution in [3.63, 3.8) is 0 Å². The number of cyclic esters (lactones) is 2. The number of esters is 2. The number of halogens is 1. The van der Waals surface area contributed by atoms with E-state index < -0.39 is 17.7 Å². The molecule has 1 aromatic carbocycles. The normalized spacial score (nSPS) is 21.8. The van der Waals surface area contributed by atoms with E-state index in [-0.39, 0.29) is 5.57 Å². The number of hydrogen-bond acceptors (Lipinski definition) is 4. The molecular formula is C16H17BrO4. The van der Waals surface area contributed by atoms with Crippen LogP contribution in [0.25, 0.3) is 6.08 Å². The first kappa shape index (κ1) is 15.8. The third-order valence-electron chi connectivity index (χ3n) is 3.22. The van der Waals surface area contributed by atoms with Crippen molar-refractivity contribution in [2.24, 2.45) is 0 Å². The molecule has 1 aliphatic rings. The summed E-state index contributed by atoms with van der Waals surface area (Å²) in [6, 6.07) is 7.25. The van der Waals surface area contributed by atoms with Crippen LogP contribution in [0.4, 0.5) is 0 Å². The minimum atomic E-state index is -1.15. The summed E-state index contributed by atoms with van der Waals surface area (Å²) in [4.78, 5) is 24.1. The largest absolute Gasteiger partial charge is 0.419 e. The molecule has 1 fully saturated rings. The highest BCUT2D eigenvalue weighted by molar-refractivity contribution is 9.10. The van der Waals surface area contributed by atoms with E-state index in [0.717, 1.165) is 22.9 Å². The van der Waals surface area contributed by atoms with Gasteiger partial charge in [-0.15, -0.1) is 0 Å². The molecule has 0 bridgehead atoms. The van der Waals surface area contributed by atoms with Crippen molar-refractivity contribution in [1.29, 1.82) is 0 Å². The van der Waals surface area contributed by atoms with Crippen LogP contribution in [0.2, 0.25) is 0 Å². The fourth-order valence-corrected chi connectivity index (χ4v) is 2.31. The van der Waals surface area contributed by atoms with Crippen LogP contribution in [0.3, 0.4) is 0 Å². The summed E-state index contributed by atoms with van der Waals surface area (Å²) in [6.07, 6.45) is 3.75. The van der Waals surface area contributed by atoms with Crippen LogP contribution in [-0.2, 0) is 19.1 Å². The number of rotatable bonds is 4. The van der Waals surface area contributed by atoms with Gasteiger partial charge in [-0.05, 0) is 30.2 Å². The van der Waals surface area contributed by atoms with E-state index in [1.165, 1.54) is 6.08 Å². The van der Waals surface area contributed by atoms with Crippen molar-refractivity contribution in [1.82, 2.24) is 0 Å². The number of ether oxygens (including phenoxy) is 2. The molecule has 2 rings (SSSR count). The number of hydrogen-bond donors (Lipinski definition) is 0. The summed E-state index contributed by atoms with van der Waals surface area (Å²) >= 11 is 3.33. The molecule has 0 atom stereocenters. The maximum atomic E-state index is 12.1. The Bertz CT molecular complexity index is 554. The Morgan fingerprint density at radius 2 is 1.71 bits per heavy atom. The van der Waals surface area contributed by atoms with Crippen molar-refractivity contribution in [2.75, 3.05) is 0 Å². The minimum Gasteiger partial charge on any atom is -0.419 e. The predicted octanol–water partition coefficient (Wildman–Crippen LogP) is 3.84. The lowest BCUT2D eigenvalue weighted by molar-refractivity contribution is -0.230. The fourth-order valence-electron chi connectivity index (χ4n) is 2.05. The first-order chi connectivity index (χ1) is 9.93. The van der Waals surface area contributed by atoms with Crippen LogP contribution in [0.1, 0.15) is 38.7 Å². The van der Waals surface area contributed by atoms with Crippen LogP contribution in [-0.4, -0.2) is 17.7 Å². The Kier molecular flexibility index (Phi) is 4.83. The van der Waals surface area contributed by atoms with Crippen molar-refractivity contribution in [3.05, 3.63) is 39.9 Å². The Labute approximate surface area is 132 Å². The molecular weight excluding hydrogens is 336 g/mol. The molecule has 1 saturated heterocycles. The maximum absolute atomic E-state index is 12.1. The van der Waals surface area contributed by atoms with Crippen LogP contribution >= 0.6 is 15.9 Å². The summed E-state index contributed by atoms with van der Waals surface area (Å²) in [5.74, 6) is -2.41. The number of carbonyl (C=O) groups excluding carboxylic acids is 2. The van der Waals surface area contributed by atoms with Gasteiger partial charge in [0, 0.05) is 17.8 Å². The van der Waals surface area contributed by atoms with Gasteiger partial charge < -0.3 is 9.47 Å². The van der Waals surface area contributed by atoms with Gasteiger partial charge >= 0.3 is 11.9 Å². The zero-order chi connectivity index (χ0) is 15.5. The summed E-state index contributed by atoms with van der Waals surface area (Å²) < 4.78 is 11.5. The van der Waals surface area contributed by atoms with Crippen LogP contribution in [0.15, 0.2) is 34.3 Å². The topological polar surface area (TPSA) is 52.6 Å². The lowest BCUT2D eigenvalue weighted by atomic mass is 10.1. The zero-order valence-electron chi connectivity index (χ0n) is 12.0. The SMILES string of the molecule is CCCCC1(C)OC(=O)C(=Cc2ccc(Br)cc2)C(=O)O1. The first-order valence-electron chi connectivity index (χ1n) is 6.87. The van der Waals surface area contributed by atoms with Crippen molar-refractivity contribution in [2.45, 2.75) is 38.9 Å². The summed E-state index contributed by atoms with van der Waals surface area (Å²) in [5.41, 5.74) is 0.658. The molecule has 4 nitrogen and oxygen atoms in total. The molecule has 0 spiro atoms. The molecule has 0 amide bonds. The Morgan fingerprint density at radius 3 is 2.24 bits per heavy atom. The Morgan fingerprint density at radius 1 is 1.14 bits per heavy atom. The summed E-state index contributed by atoms with van der Waals surface area (Å²) in [6.45, 7) is 3.64. The molecule has 0 aromatic heterocycles. The van der Waals surface area contributed by atoms with Gasteiger partial charge in [0.25, 0.3) is 5.79 Å². The molecule has 0 saturated carbocycles. The average molecular weight is 353 g/mol. The van der Waals surface area contributed by atoms with E-state index in [9.17, 15) is 9.59 Å². The fraction of sp³-hybridized carbons (Fsp3) is 0.375. The highest BCUT2D eigenvalue weighted by Gasteiger charge is 2.41. The highest BCUT2D eigenvalue weighted by atomic mass is 79.9. The van der Waals surface area contributed by atoms with Gasteiger partial charge in [-0.1, -0.05) is 41.4 Å². The molecule has 1 aliphatic heterocycles. The second-order valence-electron chi connectivity index (χ2n) is 5.13. The van der Waals surface area contributed by atoms with E-state index in [2.05, 4.69) is 15.9 Å². The van der Waals surface area contributed by atoms with Crippen molar-refractivity contribution < 1.29 is 19.1 Å². The van der Waals surface area contributed by atoms with Crippen molar-refractivity contribution in [3.8, 4) is 0 Å². The van der Waals surface area contributed by atoms with Gasteiger partial charge in [-0.2, -0.15) is 0 Å². The van der Waals surface area contributed by atoms with Gasteiger partial charge in [-0.25, -0.2) is 9.59 Å². The van der Waals surface area contributed by atoms with E-state index in [0.29, 0.717) is 6.42 Å².